The van der Waals surface area contributed by atoms with E-state index >= 15 is 0 Å². The van der Waals surface area contributed by atoms with Crippen molar-refractivity contribution in [2.45, 2.75) is 38.1 Å². The van der Waals surface area contributed by atoms with Crippen LogP contribution in [0, 0.1) is 0 Å². The van der Waals surface area contributed by atoms with Gasteiger partial charge in [-0.25, -0.2) is 4.79 Å². The fourth-order valence-electron chi connectivity index (χ4n) is 4.20. The number of rotatable bonds is 9. The van der Waals surface area contributed by atoms with Crippen molar-refractivity contribution in [3.8, 4) is 0 Å². The highest BCUT2D eigenvalue weighted by atomic mass is 16.5. The molecule has 0 spiro atoms. The molecule has 0 unspecified atom stereocenters. The summed E-state index contributed by atoms with van der Waals surface area (Å²) in [6.45, 7) is 2.74. The minimum Gasteiger partial charge on any atom is -0.445 e. The number of carbonyl (C=O) groups excluding carboxylic acids is 2. The van der Waals surface area contributed by atoms with E-state index in [4.69, 9.17) is 4.74 Å². The van der Waals surface area contributed by atoms with E-state index in [9.17, 15) is 9.59 Å². The second kappa shape index (κ2) is 12.0. The van der Waals surface area contributed by atoms with Crippen molar-refractivity contribution in [3.05, 3.63) is 108 Å². The quantitative estimate of drug-likeness (QED) is 0.511. The Morgan fingerprint density at radius 1 is 0.853 bits per heavy atom. The van der Waals surface area contributed by atoms with Gasteiger partial charge in [-0.15, -0.1) is 0 Å². The fourth-order valence-corrected chi connectivity index (χ4v) is 4.20. The number of hydrogen-bond acceptors (Lipinski definition) is 4. The third-order valence-corrected chi connectivity index (χ3v) is 5.97. The topological polar surface area (TPSA) is 70.7 Å². The summed E-state index contributed by atoms with van der Waals surface area (Å²) in [5.74, 6) is -0.188. The van der Waals surface area contributed by atoms with Crippen LogP contribution < -0.4 is 10.6 Å². The minimum absolute atomic E-state index is 0.0524. The van der Waals surface area contributed by atoms with Crippen LogP contribution in [0.25, 0.3) is 0 Å². The Morgan fingerprint density at radius 3 is 2.09 bits per heavy atom. The first-order chi connectivity index (χ1) is 16.7. The number of ether oxygens (including phenoxy) is 1. The molecular formula is C28H31N3O3. The summed E-state index contributed by atoms with van der Waals surface area (Å²) < 4.78 is 5.36. The van der Waals surface area contributed by atoms with Crippen molar-refractivity contribution >= 4 is 12.0 Å². The van der Waals surface area contributed by atoms with E-state index in [1.54, 1.807) is 0 Å². The number of amides is 2. The van der Waals surface area contributed by atoms with Crippen LogP contribution in [0.4, 0.5) is 4.79 Å². The molecule has 6 heteroatoms. The zero-order chi connectivity index (χ0) is 23.6. The van der Waals surface area contributed by atoms with E-state index in [0.29, 0.717) is 6.42 Å². The first-order valence-electron chi connectivity index (χ1n) is 11.7. The predicted molar refractivity (Wildman–Crippen MR) is 132 cm³/mol. The second-order valence-electron chi connectivity index (χ2n) is 8.66. The molecule has 2 amide bonds. The van der Waals surface area contributed by atoms with Crippen molar-refractivity contribution in [3.63, 3.8) is 0 Å². The molecule has 4 rings (SSSR count). The van der Waals surface area contributed by atoms with Gasteiger partial charge < -0.3 is 15.4 Å². The first-order valence-corrected chi connectivity index (χ1v) is 11.7. The lowest BCUT2D eigenvalue weighted by Crippen LogP contribution is -2.51. The molecule has 1 saturated heterocycles. The highest BCUT2D eigenvalue weighted by Crippen LogP contribution is 2.14. The Morgan fingerprint density at radius 2 is 1.44 bits per heavy atom. The highest BCUT2D eigenvalue weighted by molar-refractivity contribution is 5.86. The van der Waals surface area contributed by atoms with Crippen LogP contribution in [0.5, 0.6) is 0 Å². The maximum absolute atomic E-state index is 13.2. The van der Waals surface area contributed by atoms with E-state index in [-0.39, 0.29) is 18.6 Å². The highest BCUT2D eigenvalue weighted by Gasteiger charge is 2.28. The summed E-state index contributed by atoms with van der Waals surface area (Å²) in [5.41, 5.74) is 3.13. The lowest BCUT2D eigenvalue weighted by atomic mass is 10.0. The molecular weight excluding hydrogens is 426 g/mol. The summed E-state index contributed by atoms with van der Waals surface area (Å²) in [7, 11) is 0. The summed E-state index contributed by atoms with van der Waals surface area (Å²) in [5, 5.41) is 5.92. The normalized spacial score (nSPS) is 16.5. The number of hydrogen-bond donors (Lipinski definition) is 2. The maximum atomic E-state index is 13.2. The van der Waals surface area contributed by atoms with Crippen molar-refractivity contribution in [2.24, 2.45) is 0 Å². The van der Waals surface area contributed by atoms with E-state index < -0.39 is 12.1 Å². The van der Waals surface area contributed by atoms with Crippen LogP contribution >= 0.6 is 0 Å². The van der Waals surface area contributed by atoms with Gasteiger partial charge in [0.05, 0.1) is 0 Å². The van der Waals surface area contributed by atoms with Crippen molar-refractivity contribution < 1.29 is 14.3 Å². The molecule has 2 N–H and O–H groups in total. The van der Waals surface area contributed by atoms with Crippen LogP contribution in [-0.4, -0.2) is 42.1 Å². The van der Waals surface area contributed by atoms with Crippen LogP contribution in [0.1, 0.15) is 23.1 Å². The Kier molecular flexibility index (Phi) is 8.30. The number of nitrogens with zero attached hydrogens (tertiary/aromatic N) is 1. The molecule has 0 saturated carbocycles. The Balaban J connectivity index is 1.33. The Hall–Kier alpha value is -3.64. The van der Waals surface area contributed by atoms with E-state index in [2.05, 4.69) is 27.7 Å². The molecule has 1 fully saturated rings. The number of carbonyl (C=O) groups is 2. The molecule has 176 valence electrons. The molecule has 6 nitrogen and oxygen atoms in total. The Labute approximate surface area is 200 Å². The SMILES string of the molecule is O=C(N[C@@H](Cc1ccccc1)C(=O)N[C@H]1CCN(Cc2ccccc2)C1)OCc1ccccc1. The number of alkyl carbamates (subject to hydrolysis) is 1. The third kappa shape index (κ3) is 7.18. The molecule has 1 aliphatic rings. The molecule has 34 heavy (non-hydrogen) atoms. The number of benzene rings is 3. The minimum atomic E-state index is -0.714. The summed E-state index contributed by atoms with van der Waals surface area (Å²) >= 11 is 0. The largest absolute Gasteiger partial charge is 0.445 e. The molecule has 0 bridgehead atoms. The number of likely N-dealkylation sites (tertiary alicyclic amines) is 1. The van der Waals surface area contributed by atoms with E-state index in [1.165, 1.54) is 5.56 Å². The zero-order valence-corrected chi connectivity index (χ0v) is 19.2. The molecule has 0 aliphatic carbocycles. The van der Waals surface area contributed by atoms with Gasteiger partial charge >= 0.3 is 6.09 Å². The van der Waals surface area contributed by atoms with Gasteiger partial charge in [-0.1, -0.05) is 91.0 Å². The first kappa shape index (κ1) is 23.5. The van der Waals surface area contributed by atoms with E-state index in [0.717, 1.165) is 37.2 Å². The van der Waals surface area contributed by atoms with Gasteiger partial charge in [0.2, 0.25) is 5.91 Å². The summed E-state index contributed by atoms with van der Waals surface area (Å²) in [4.78, 5) is 28.0. The van der Waals surface area contributed by atoms with Crippen molar-refractivity contribution in [1.29, 1.82) is 0 Å². The monoisotopic (exact) mass is 457 g/mol. The molecule has 0 aromatic heterocycles. The molecule has 3 aromatic rings. The smallest absolute Gasteiger partial charge is 0.408 e. The molecule has 1 heterocycles. The molecule has 1 aliphatic heterocycles. The molecule has 2 atom stereocenters. The number of nitrogens with one attached hydrogen (secondary N) is 2. The summed E-state index contributed by atoms with van der Waals surface area (Å²) in [6, 6.07) is 28.8. The van der Waals surface area contributed by atoms with Gasteiger partial charge in [-0.05, 0) is 23.1 Å². The molecule has 3 aromatic carbocycles. The average Bonchev–Trinajstić information content (AvgIpc) is 3.30. The van der Waals surface area contributed by atoms with Gasteiger partial charge in [0.25, 0.3) is 0 Å². The molecule has 0 radical (unpaired) electrons. The van der Waals surface area contributed by atoms with E-state index in [1.807, 2.05) is 78.9 Å². The van der Waals surface area contributed by atoms with Crippen LogP contribution in [0.3, 0.4) is 0 Å². The Bertz CT molecular complexity index is 1040. The average molecular weight is 458 g/mol. The third-order valence-electron chi connectivity index (χ3n) is 5.97. The summed E-state index contributed by atoms with van der Waals surface area (Å²) in [6.07, 6.45) is 0.680. The van der Waals surface area contributed by atoms with Gasteiger partial charge in [0.1, 0.15) is 12.6 Å². The van der Waals surface area contributed by atoms with Gasteiger partial charge in [0.15, 0.2) is 0 Å². The second-order valence-corrected chi connectivity index (χ2v) is 8.66. The van der Waals surface area contributed by atoms with Crippen molar-refractivity contribution in [1.82, 2.24) is 15.5 Å². The maximum Gasteiger partial charge on any atom is 0.408 e. The van der Waals surface area contributed by atoms with Gasteiger partial charge in [0, 0.05) is 32.1 Å². The van der Waals surface area contributed by atoms with Crippen LogP contribution in [0.2, 0.25) is 0 Å². The standard InChI is InChI=1S/C28H31N3O3/c32-27(29-25-16-17-31(20-25)19-23-12-6-2-7-13-23)26(18-22-10-4-1-5-11-22)30-28(33)34-21-24-14-8-3-9-15-24/h1-15,25-26H,16-21H2,(H,29,32)(H,30,33)/t25-,26-/m0/s1. The lowest BCUT2D eigenvalue weighted by molar-refractivity contribution is -0.123. The lowest BCUT2D eigenvalue weighted by Gasteiger charge is -2.22. The van der Waals surface area contributed by atoms with Crippen molar-refractivity contribution in [2.75, 3.05) is 13.1 Å². The predicted octanol–water partition coefficient (Wildman–Crippen LogP) is 3.91. The van der Waals surface area contributed by atoms with Crippen LogP contribution in [0.15, 0.2) is 91.0 Å². The fraction of sp³-hybridized carbons (Fsp3) is 0.286. The zero-order valence-electron chi connectivity index (χ0n) is 19.2. The van der Waals surface area contributed by atoms with Gasteiger partial charge in [-0.2, -0.15) is 0 Å². The van der Waals surface area contributed by atoms with Crippen LogP contribution in [-0.2, 0) is 29.1 Å². The van der Waals surface area contributed by atoms with Gasteiger partial charge in [-0.3, -0.25) is 9.69 Å².